The summed E-state index contributed by atoms with van der Waals surface area (Å²) < 4.78 is 5.43. The van der Waals surface area contributed by atoms with Gasteiger partial charge < -0.3 is 14.6 Å². The number of nitrogens with one attached hydrogen (secondary N) is 1. The Labute approximate surface area is 155 Å². The molecule has 0 aliphatic carbocycles. The fraction of sp³-hybridized carbons (Fsp3) is 0.300. The lowest BCUT2D eigenvalue weighted by Gasteiger charge is -2.26. The number of hydrogen-bond donors (Lipinski definition) is 1. The third-order valence-electron chi connectivity index (χ3n) is 5.26. The van der Waals surface area contributed by atoms with Crippen molar-refractivity contribution in [3.8, 4) is 11.1 Å². The molecule has 0 radical (unpaired) electrons. The lowest BCUT2D eigenvalue weighted by molar-refractivity contribution is -0.130. The summed E-state index contributed by atoms with van der Waals surface area (Å²) in [6, 6.07) is 5.98. The van der Waals surface area contributed by atoms with Crippen LogP contribution in [0, 0.1) is 5.92 Å². The van der Waals surface area contributed by atoms with E-state index in [9.17, 15) is 9.59 Å². The second kappa shape index (κ2) is 6.28. The van der Waals surface area contributed by atoms with Crippen LogP contribution >= 0.6 is 0 Å². The van der Waals surface area contributed by atoms with E-state index in [-0.39, 0.29) is 24.0 Å². The number of ether oxygens (including phenoxy) is 1. The van der Waals surface area contributed by atoms with Gasteiger partial charge in [0, 0.05) is 48.1 Å². The van der Waals surface area contributed by atoms with Gasteiger partial charge in [-0.1, -0.05) is 0 Å². The summed E-state index contributed by atoms with van der Waals surface area (Å²) in [6.45, 7) is 1.20. The largest absolute Gasteiger partial charge is 0.380 e. The van der Waals surface area contributed by atoms with Gasteiger partial charge in [-0.3, -0.25) is 14.6 Å². The minimum atomic E-state index is -0.268. The van der Waals surface area contributed by atoms with E-state index in [0.717, 1.165) is 33.5 Å². The van der Waals surface area contributed by atoms with Crippen LogP contribution in [0.2, 0.25) is 0 Å². The number of fused-ring (bicyclic) bond motifs is 2. The number of pyridine rings is 2. The first-order valence-corrected chi connectivity index (χ1v) is 9.02. The van der Waals surface area contributed by atoms with Crippen LogP contribution in [0.25, 0.3) is 22.2 Å². The maximum atomic E-state index is 12.5. The van der Waals surface area contributed by atoms with Crippen LogP contribution in [-0.4, -0.2) is 46.4 Å². The molecule has 1 atom stereocenters. The van der Waals surface area contributed by atoms with Gasteiger partial charge in [0.2, 0.25) is 5.91 Å². The van der Waals surface area contributed by atoms with Gasteiger partial charge in [-0.15, -0.1) is 0 Å². The van der Waals surface area contributed by atoms with Gasteiger partial charge in [0.25, 0.3) is 0 Å². The van der Waals surface area contributed by atoms with Crippen LogP contribution in [0.15, 0.2) is 36.8 Å². The molecule has 1 N–H and O–H groups in total. The number of ketones is 1. The Bertz CT molecular complexity index is 1060. The zero-order chi connectivity index (χ0) is 18.4. The minimum absolute atomic E-state index is 0.0211. The van der Waals surface area contributed by atoms with Crippen LogP contribution in [-0.2, 0) is 20.7 Å². The number of anilines is 1. The smallest absolute Gasteiger partial charge is 0.233 e. The third kappa shape index (κ3) is 2.80. The molecule has 2 aliphatic heterocycles. The molecule has 1 amide bonds. The molecule has 1 unspecified atom stereocenters. The first-order chi connectivity index (χ1) is 13.2. The molecule has 7 nitrogen and oxygen atoms in total. The van der Waals surface area contributed by atoms with E-state index in [4.69, 9.17) is 4.74 Å². The van der Waals surface area contributed by atoms with Crippen molar-refractivity contribution >= 4 is 28.4 Å². The topological polar surface area (TPSA) is 88.2 Å². The summed E-state index contributed by atoms with van der Waals surface area (Å²) in [5, 5.41) is 1.02. The number of carbonyl (C=O) groups excluding carboxylic acids is 2. The van der Waals surface area contributed by atoms with Crippen molar-refractivity contribution in [3.05, 3.63) is 42.5 Å². The monoisotopic (exact) mass is 362 g/mol. The van der Waals surface area contributed by atoms with Gasteiger partial charge in [-0.25, -0.2) is 4.98 Å². The first kappa shape index (κ1) is 16.1. The number of rotatable bonds is 3. The van der Waals surface area contributed by atoms with Crippen molar-refractivity contribution < 1.29 is 14.3 Å². The molecule has 0 saturated carbocycles. The van der Waals surface area contributed by atoms with E-state index in [1.807, 2.05) is 24.4 Å². The Morgan fingerprint density at radius 1 is 1.19 bits per heavy atom. The highest BCUT2D eigenvalue weighted by atomic mass is 16.5. The number of hydrogen-bond acceptors (Lipinski definition) is 5. The Morgan fingerprint density at radius 2 is 2.04 bits per heavy atom. The first-order valence-electron chi connectivity index (χ1n) is 9.02. The molecule has 0 bridgehead atoms. The van der Waals surface area contributed by atoms with Gasteiger partial charge in [0.15, 0.2) is 0 Å². The average molecular weight is 362 g/mol. The zero-order valence-corrected chi connectivity index (χ0v) is 14.6. The van der Waals surface area contributed by atoms with Crippen molar-refractivity contribution in [3.63, 3.8) is 0 Å². The van der Waals surface area contributed by atoms with Gasteiger partial charge in [0.05, 0.1) is 36.9 Å². The summed E-state index contributed by atoms with van der Waals surface area (Å²) in [4.78, 5) is 38.4. The number of aromatic amines is 1. The van der Waals surface area contributed by atoms with Crippen molar-refractivity contribution in [2.24, 2.45) is 5.92 Å². The highest BCUT2D eigenvalue weighted by Gasteiger charge is 2.33. The van der Waals surface area contributed by atoms with Crippen molar-refractivity contribution in [1.29, 1.82) is 0 Å². The quantitative estimate of drug-likeness (QED) is 0.771. The molecule has 3 aromatic rings. The Kier molecular flexibility index (Phi) is 3.75. The van der Waals surface area contributed by atoms with E-state index < -0.39 is 0 Å². The number of H-pyrrole nitrogens is 1. The molecule has 27 heavy (non-hydrogen) atoms. The van der Waals surface area contributed by atoms with Crippen molar-refractivity contribution in [1.82, 2.24) is 15.0 Å². The van der Waals surface area contributed by atoms with Crippen molar-refractivity contribution in [2.75, 3.05) is 24.7 Å². The number of nitrogens with zero attached hydrogens (tertiary/aromatic N) is 3. The molecule has 2 aliphatic rings. The van der Waals surface area contributed by atoms with E-state index >= 15 is 0 Å². The molecule has 7 heteroatoms. The molecular weight excluding hydrogens is 344 g/mol. The van der Waals surface area contributed by atoms with E-state index in [1.165, 1.54) is 0 Å². The molecule has 0 aromatic carbocycles. The summed E-state index contributed by atoms with van der Waals surface area (Å²) in [6.07, 6.45) is 6.11. The number of aromatic nitrogens is 3. The van der Waals surface area contributed by atoms with E-state index in [0.29, 0.717) is 26.2 Å². The van der Waals surface area contributed by atoms with Crippen molar-refractivity contribution in [2.45, 2.75) is 12.8 Å². The Balaban J connectivity index is 1.48. The Hall–Kier alpha value is -3.06. The summed E-state index contributed by atoms with van der Waals surface area (Å²) in [5.41, 5.74) is 4.21. The Morgan fingerprint density at radius 3 is 2.93 bits per heavy atom. The van der Waals surface area contributed by atoms with E-state index in [2.05, 4.69) is 15.0 Å². The number of carbonyl (C=O) groups is 2. The molecule has 5 rings (SSSR count). The zero-order valence-electron chi connectivity index (χ0n) is 14.6. The molecule has 136 valence electrons. The molecule has 1 saturated heterocycles. The lowest BCUT2D eigenvalue weighted by Crippen LogP contribution is -2.40. The summed E-state index contributed by atoms with van der Waals surface area (Å²) >= 11 is 0. The molecule has 1 fully saturated rings. The fourth-order valence-electron chi connectivity index (χ4n) is 3.75. The maximum absolute atomic E-state index is 12.5. The SMILES string of the molecule is O=C1CCOCC1CN1C(=O)Cc2ncc(-c3cnc4[nH]ccc4c3)cc21. The summed E-state index contributed by atoms with van der Waals surface area (Å²) in [7, 11) is 0. The van der Waals surface area contributed by atoms with Crippen LogP contribution < -0.4 is 4.90 Å². The fourth-order valence-corrected chi connectivity index (χ4v) is 3.75. The third-order valence-corrected chi connectivity index (χ3v) is 5.26. The molecule has 5 heterocycles. The van der Waals surface area contributed by atoms with Gasteiger partial charge in [-0.2, -0.15) is 0 Å². The normalized spacial score (nSPS) is 19.7. The molecule has 3 aromatic heterocycles. The molecule has 0 spiro atoms. The van der Waals surface area contributed by atoms with Crippen LogP contribution in [0.1, 0.15) is 12.1 Å². The average Bonchev–Trinajstić information content (AvgIpc) is 3.27. The van der Waals surface area contributed by atoms with Gasteiger partial charge in [0.1, 0.15) is 11.4 Å². The van der Waals surface area contributed by atoms with E-state index in [1.54, 1.807) is 17.3 Å². The van der Waals surface area contributed by atoms with Crippen LogP contribution in [0.4, 0.5) is 5.69 Å². The highest BCUT2D eigenvalue weighted by molar-refractivity contribution is 6.02. The highest BCUT2D eigenvalue weighted by Crippen LogP contribution is 2.33. The second-order valence-corrected chi connectivity index (χ2v) is 7.00. The lowest BCUT2D eigenvalue weighted by atomic mass is 10.00. The maximum Gasteiger partial charge on any atom is 0.233 e. The number of Topliss-reactive ketones (excluding diaryl/α,β-unsaturated/α-hetero) is 1. The van der Waals surface area contributed by atoms with Gasteiger partial charge in [-0.05, 0) is 18.2 Å². The standard InChI is InChI=1S/C20H18N4O3/c25-18-2-4-27-11-15(18)10-24-17-6-14(8-22-16(17)7-19(24)26)13-5-12-1-3-21-20(12)23-9-13/h1,3,5-6,8-9,15H,2,4,7,10-11H2,(H,21,23). The van der Waals surface area contributed by atoms with Crippen LogP contribution in [0.3, 0.4) is 0 Å². The summed E-state index contributed by atoms with van der Waals surface area (Å²) in [5.74, 6) is -0.129. The number of amides is 1. The van der Waals surface area contributed by atoms with Crippen LogP contribution in [0.5, 0.6) is 0 Å². The molecular formula is C20H18N4O3. The predicted octanol–water partition coefficient (Wildman–Crippen LogP) is 2.12. The van der Waals surface area contributed by atoms with Gasteiger partial charge >= 0.3 is 0 Å². The predicted molar refractivity (Wildman–Crippen MR) is 99.3 cm³/mol. The second-order valence-electron chi connectivity index (χ2n) is 7.00. The minimum Gasteiger partial charge on any atom is -0.380 e.